The number of aromatic nitrogens is 3. The molecular weight excluding hydrogens is 276 g/mol. The van der Waals surface area contributed by atoms with E-state index in [0.29, 0.717) is 5.56 Å². The van der Waals surface area contributed by atoms with E-state index in [2.05, 4.69) is 15.3 Å². The summed E-state index contributed by atoms with van der Waals surface area (Å²) in [6.45, 7) is 0. The Balaban J connectivity index is 1.69. The average Bonchev–Trinajstić information content (AvgIpc) is 3.13. The van der Waals surface area contributed by atoms with Crippen molar-refractivity contribution in [2.45, 2.75) is 0 Å². The summed E-state index contributed by atoms with van der Waals surface area (Å²) in [4.78, 5) is 19.9. The van der Waals surface area contributed by atoms with Crippen LogP contribution in [0.4, 0.5) is 5.69 Å². The number of aryl methyl sites for hydroxylation is 1. The maximum Gasteiger partial charge on any atom is 0.256 e. The molecule has 2 heterocycles. The van der Waals surface area contributed by atoms with Crippen LogP contribution in [-0.4, -0.2) is 20.4 Å². The van der Waals surface area contributed by atoms with E-state index in [1.54, 1.807) is 6.33 Å². The number of carbonyl (C=O) groups excluding carboxylic acids is 1. The molecule has 4 rings (SSSR count). The predicted molar refractivity (Wildman–Crippen MR) is 87.0 cm³/mol. The van der Waals surface area contributed by atoms with Gasteiger partial charge in [-0.05, 0) is 36.4 Å². The number of aromatic amines is 1. The van der Waals surface area contributed by atoms with Gasteiger partial charge in [0, 0.05) is 35.4 Å². The Morgan fingerprint density at radius 2 is 2.14 bits per heavy atom. The van der Waals surface area contributed by atoms with Crippen LogP contribution in [0.5, 0.6) is 0 Å². The second-order valence-electron chi connectivity index (χ2n) is 5.26. The number of benzene rings is 2. The highest BCUT2D eigenvalue weighted by Crippen LogP contribution is 2.21. The summed E-state index contributed by atoms with van der Waals surface area (Å²) in [7, 11) is 1.94. The molecule has 0 spiro atoms. The van der Waals surface area contributed by atoms with E-state index >= 15 is 0 Å². The summed E-state index contributed by atoms with van der Waals surface area (Å²) in [6.07, 6.45) is 3.60. The molecule has 108 valence electrons. The second kappa shape index (κ2) is 4.73. The maximum atomic E-state index is 12.5. The van der Waals surface area contributed by atoms with Gasteiger partial charge in [0.1, 0.15) is 0 Å². The molecule has 0 aliphatic rings. The van der Waals surface area contributed by atoms with Gasteiger partial charge in [0.15, 0.2) is 0 Å². The molecule has 0 bridgehead atoms. The minimum atomic E-state index is -0.125. The minimum Gasteiger partial charge on any atom is -0.361 e. The van der Waals surface area contributed by atoms with Crippen molar-refractivity contribution in [3.8, 4) is 0 Å². The van der Waals surface area contributed by atoms with Crippen molar-refractivity contribution in [2.24, 2.45) is 7.05 Å². The third-order valence-electron chi connectivity index (χ3n) is 3.82. The van der Waals surface area contributed by atoms with Crippen LogP contribution in [0.3, 0.4) is 0 Å². The Hall–Kier alpha value is -3.08. The molecule has 2 aromatic carbocycles. The van der Waals surface area contributed by atoms with E-state index in [-0.39, 0.29) is 5.91 Å². The number of amides is 1. The van der Waals surface area contributed by atoms with E-state index < -0.39 is 0 Å². The molecule has 0 saturated carbocycles. The molecule has 2 N–H and O–H groups in total. The summed E-state index contributed by atoms with van der Waals surface area (Å²) in [5, 5.41) is 3.86. The molecule has 1 amide bonds. The number of H-pyrrole nitrogens is 1. The van der Waals surface area contributed by atoms with Gasteiger partial charge in [-0.3, -0.25) is 4.79 Å². The first-order chi connectivity index (χ1) is 10.7. The van der Waals surface area contributed by atoms with Crippen molar-refractivity contribution in [1.29, 1.82) is 0 Å². The second-order valence-corrected chi connectivity index (χ2v) is 5.26. The molecule has 5 nitrogen and oxygen atoms in total. The smallest absolute Gasteiger partial charge is 0.256 e. The monoisotopic (exact) mass is 290 g/mol. The van der Waals surface area contributed by atoms with Gasteiger partial charge >= 0.3 is 0 Å². The Morgan fingerprint density at radius 1 is 1.23 bits per heavy atom. The number of imidazole rings is 1. The van der Waals surface area contributed by atoms with Crippen molar-refractivity contribution in [3.63, 3.8) is 0 Å². The van der Waals surface area contributed by atoms with Crippen LogP contribution in [-0.2, 0) is 7.05 Å². The molecule has 0 unspecified atom stereocenters. The lowest BCUT2D eigenvalue weighted by molar-refractivity contribution is 0.102. The van der Waals surface area contributed by atoms with Crippen molar-refractivity contribution in [2.75, 3.05) is 5.32 Å². The van der Waals surface area contributed by atoms with Crippen molar-refractivity contribution >= 4 is 33.5 Å². The van der Waals surface area contributed by atoms with Crippen LogP contribution < -0.4 is 5.32 Å². The number of carbonyl (C=O) groups is 1. The summed E-state index contributed by atoms with van der Waals surface area (Å²) < 4.78 is 1.95. The molecule has 0 aliphatic carbocycles. The summed E-state index contributed by atoms with van der Waals surface area (Å²) in [6, 6.07) is 13.3. The molecule has 2 aromatic heterocycles. The molecule has 0 fully saturated rings. The minimum absolute atomic E-state index is 0.125. The van der Waals surface area contributed by atoms with Gasteiger partial charge in [-0.1, -0.05) is 6.07 Å². The standard InChI is InChI=1S/C17H14N4O/c1-21-10-19-15-9-11(5-6-16(15)21)20-17(22)13-3-2-4-14-12(13)7-8-18-14/h2-10,18H,1H3,(H,20,22). The van der Waals surface area contributed by atoms with Gasteiger partial charge in [-0.2, -0.15) is 0 Å². The van der Waals surface area contributed by atoms with Crippen LogP contribution >= 0.6 is 0 Å². The zero-order chi connectivity index (χ0) is 15.1. The lowest BCUT2D eigenvalue weighted by Crippen LogP contribution is -2.12. The first-order valence-corrected chi connectivity index (χ1v) is 7.01. The number of fused-ring (bicyclic) bond motifs is 2. The lowest BCUT2D eigenvalue weighted by atomic mass is 10.1. The number of nitrogens with zero attached hydrogens (tertiary/aromatic N) is 2. The van der Waals surface area contributed by atoms with Crippen LogP contribution in [0, 0.1) is 0 Å². The summed E-state index contributed by atoms with van der Waals surface area (Å²) in [5.41, 5.74) is 4.24. The number of nitrogens with one attached hydrogen (secondary N) is 2. The molecular formula is C17H14N4O. The number of rotatable bonds is 2. The maximum absolute atomic E-state index is 12.5. The normalized spacial score (nSPS) is 11.1. The third kappa shape index (κ3) is 1.95. The Bertz CT molecular complexity index is 996. The number of anilines is 1. The van der Waals surface area contributed by atoms with E-state index in [4.69, 9.17) is 0 Å². The quantitative estimate of drug-likeness (QED) is 0.595. The van der Waals surface area contributed by atoms with Crippen molar-refractivity contribution < 1.29 is 4.79 Å². The molecule has 0 saturated heterocycles. The molecule has 22 heavy (non-hydrogen) atoms. The van der Waals surface area contributed by atoms with E-state index in [9.17, 15) is 4.79 Å². The fourth-order valence-electron chi connectivity index (χ4n) is 2.70. The molecule has 0 atom stereocenters. The lowest BCUT2D eigenvalue weighted by Gasteiger charge is -2.06. The number of hydrogen-bond acceptors (Lipinski definition) is 2. The topological polar surface area (TPSA) is 62.7 Å². The molecule has 5 heteroatoms. The molecule has 0 radical (unpaired) electrons. The van der Waals surface area contributed by atoms with E-state index in [1.807, 2.05) is 60.3 Å². The largest absolute Gasteiger partial charge is 0.361 e. The van der Waals surface area contributed by atoms with Gasteiger partial charge in [-0.25, -0.2) is 4.98 Å². The Kier molecular flexibility index (Phi) is 2.72. The fraction of sp³-hybridized carbons (Fsp3) is 0.0588. The van der Waals surface area contributed by atoms with E-state index in [0.717, 1.165) is 27.6 Å². The highest BCUT2D eigenvalue weighted by atomic mass is 16.1. The Morgan fingerprint density at radius 3 is 3.05 bits per heavy atom. The van der Waals surface area contributed by atoms with Crippen LogP contribution in [0.25, 0.3) is 21.9 Å². The van der Waals surface area contributed by atoms with Crippen LogP contribution in [0.1, 0.15) is 10.4 Å². The highest BCUT2D eigenvalue weighted by Gasteiger charge is 2.11. The van der Waals surface area contributed by atoms with Crippen molar-refractivity contribution in [3.05, 3.63) is 60.6 Å². The number of hydrogen-bond donors (Lipinski definition) is 2. The zero-order valence-electron chi connectivity index (χ0n) is 12.0. The molecule has 0 aliphatic heterocycles. The first kappa shape index (κ1) is 12.6. The summed E-state index contributed by atoms with van der Waals surface area (Å²) >= 11 is 0. The van der Waals surface area contributed by atoms with Crippen LogP contribution in [0.15, 0.2) is 55.0 Å². The predicted octanol–water partition coefficient (Wildman–Crippen LogP) is 3.31. The molecule has 4 aromatic rings. The van der Waals surface area contributed by atoms with Gasteiger partial charge in [0.05, 0.1) is 17.4 Å². The fourth-order valence-corrected chi connectivity index (χ4v) is 2.70. The third-order valence-corrected chi connectivity index (χ3v) is 3.82. The first-order valence-electron chi connectivity index (χ1n) is 7.01. The average molecular weight is 290 g/mol. The van der Waals surface area contributed by atoms with Gasteiger partial charge < -0.3 is 14.9 Å². The van der Waals surface area contributed by atoms with Gasteiger partial charge in [-0.15, -0.1) is 0 Å². The van der Waals surface area contributed by atoms with Gasteiger partial charge in [0.25, 0.3) is 5.91 Å². The SMILES string of the molecule is Cn1cnc2cc(NC(=O)c3cccc4[nH]ccc34)ccc21. The Labute approximate surface area is 126 Å². The zero-order valence-corrected chi connectivity index (χ0v) is 12.0. The van der Waals surface area contributed by atoms with E-state index in [1.165, 1.54) is 0 Å². The highest BCUT2D eigenvalue weighted by molar-refractivity contribution is 6.12. The summed E-state index contributed by atoms with van der Waals surface area (Å²) in [5.74, 6) is -0.125. The van der Waals surface area contributed by atoms with Crippen LogP contribution in [0.2, 0.25) is 0 Å². The van der Waals surface area contributed by atoms with Crippen molar-refractivity contribution in [1.82, 2.24) is 14.5 Å². The van der Waals surface area contributed by atoms with Gasteiger partial charge in [0.2, 0.25) is 0 Å².